The van der Waals surface area contributed by atoms with Crippen LogP contribution in [0.4, 0.5) is 17.3 Å². The molecule has 118 valence electrons. The van der Waals surface area contributed by atoms with E-state index in [4.69, 9.17) is 10.2 Å². The van der Waals surface area contributed by atoms with Crippen LogP contribution in [0.5, 0.6) is 0 Å². The van der Waals surface area contributed by atoms with Crippen molar-refractivity contribution in [3.05, 3.63) is 66.4 Å². The lowest BCUT2D eigenvalue weighted by Gasteiger charge is -2.12. The van der Waals surface area contributed by atoms with Crippen molar-refractivity contribution in [2.75, 3.05) is 22.9 Å². The van der Waals surface area contributed by atoms with Gasteiger partial charge in [-0.25, -0.2) is 9.97 Å². The third-order valence-corrected chi connectivity index (χ3v) is 3.44. The van der Waals surface area contributed by atoms with Gasteiger partial charge in [0.1, 0.15) is 17.8 Å². The summed E-state index contributed by atoms with van der Waals surface area (Å²) in [5.41, 5.74) is 7.90. The lowest BCUT2D eigenvalue weighted by Crippen LogP contribution is -2.11. The molecule has 0 aliphatic carbocycles. The second-order valence-corrected chi connectivity index (χ2v) is 5.08. The zero-order chi connectivity index (χ0) is 15.9. The maximum Gasteiger partial charge on any atom is 0.155 e. The van der Waals surface area contributed by atoms with E-state index in [2.05, 4.69) is 32.7 Å². The molecule has 0 aliphatic heterocycles. The molecule has 1 aromatic carbocycles. The number of aromatic nitrogens is 2. The first-order chi connectivity index (χ1) is 11.3. The fourth-order valence-corrected chi connectivity index (χ4v) is 2.23. The van der Waals surface area contributed by atoms with Crippen LogP contribution >= 0.6 is 0 Å². The Kier molecular flexibility index (Phi) is 4.73. The van der Waals surface area contributed by atoms with Gasteiger partial charge in [0.2, 0.25) is 0 Å². The van der Waals surface area contributed by atoms with E-state index in [1.165, 1.54) is 11.9 Å². The molecule has 4 N–H and O–H groups in total. The highest BCUT2D eigenvalue weighted by Gasteiger charge is 2.08. The monoisotopic (exact) mass is 309 g/mol. The molecule has 0 aliphatic rings. The van der Waals surface area contributed by atoms with Gasteiger partial charge in [0.25, 0.3) is 0 Å². The summed E-state index contributed by atoms with van der Waals surface area (Å²) in [7, 11) is 0. The van der Waals surface area contributed by atoms with Gasteiger partial charge in [0.05, 0.1) is 12.8 Å². The maximum absolute atomic E-state index is 6.12. The molecule has 0 saturated carbocycles. The molecule has 6 heteroatoms. The van der Waals surface area contributed by atoms with Gasteiger partial charge < -0.3 is 20.8 Å². The first-order valence-corrected chi connectivity index (χ1v) is 7.47. The number of anilines is 3. The summed E-state index contributed by atoms with van der Waals surface area (Å²) in [5.74, 6) is 2.05. The normalized spacial score (nSPS) is 10.4. The van der Waals surface area contributed by atoms with E-state index in [0.717, 1.165) is 18.7 Å². The first kappa shape index (κ1) is 14.9. The minimum atomic E-state index is 0.507. The molecule has 3 aromatic rings. The van der Waals surface area contributed by atoms with Crippen molar-refractivity contribution >= 4 is 17.3 Å². The molecule has 0 amide bonds. The first-order valence-electron chi connectivity index (χ1n) is 7.47. The van der Waals surface area contributed by atoms with Crippen LogP contribution < -0.4 is 16.4 Å². The van der Waals surface area contributed by atoms with E-state index in [1.54, 1.807) is 6.26 Å². The SMILES string of the molecule is Nc1c(NCCc2ccccc2)ncnc1NCc1ccco1. The Morgan fingerprint density at radius 1 is 0.957 bits per heavy atom. The van der Waals surface area contributed by atoms with Gasteiger partial charge in [-0.1, -0.05) is 30.3 Å². The van der Waals surface area contributed by atoms with E-state index in [-0.39, 0.29) is 0 Å². The summed E-state index contributed by atoms with van der Waals surface area (Å²) < 4.78 is 5.28. The predicted octanol–water partition coefficient (Wildman–Crippen LogP) is 2.92. The second-order valence-electron chi connectivity index (χ2n) is 5.08. The Hall–Kier alpha value is -3.02. The number of hydrogen-bond donors (Lipinski definition) is 3. The molecule has 0 radical (unpaired) electrons. The van der Waals surface area contributed by atoms with Crippen LogP contribution in [0.3, 0.4) is 0 Å². The van der Waals surface area contributed by atoms with E-state index in [9.17, 15) is 0 Å². The van der Waals surface area contributed by atoms with Crippen molar-refractivity contribution in [3.8, 4) is 0 Å². The summed E-state index contributed by atoms with van der Waals surface area (Å²) in [6, 6.07) is 14.0. The molecule has 23 heavy (non-hydrogen) atoms. The highest BCUT2D eigenvalue weighted by Crippen LogP contribution is 2.22. The number of nitrogens with two attached hydrogens (primary N) is 1. The molecule has 0 spiro atoms. The smallest absolute Gasteiger partial charge is 0.155 e. The Morgan fingerprint density at radius 3 is 2.48 bits per heavy atom. The van der Waals surface area contributed by atoms with Crippen LogP contribution in [0.1, 0.15) is 11.3 Å². The number of nitrogen functional groups attached to an aromatic ring is 1. The van der Waals surface area contributed by atoms with E-state index in [1.807, 2.05) is 30.3 Å². The summed E-state index contributed by atoms with van der Waals surface area (Å²) >= 11 is 0. The van der Waals surface area contributed by atoms with Gasteiger partial charge >= 0.3 is 0 Å². The summed E-state index contributed by atoms with van der Waals surface area (Å²) in [4.78, 5) is 8.38. The minimum Gasteiger partial charge on any atom is -0.467 e. The lowest BCUT2D eigenvalue weighted by atomic mass is 10.1. The Bertz CT molecular complexity index is 728. The second kappa shape index (κ2) is 7.31. The van der Waals surface area contributed by atoms with Crippen molar-refractivity contribution in [2.45, 2.75) is 13.0 Å². The number of nitrogens with one attached hydrogen (secondary N) is 2. The van der Waals surface area contributed by atoms with Crippen molar-refractivity contribution in [1.29, 1.82) is 0 Å². The standard InChI is InChI=1S/C17H19N5O/c18-15-16(19-9-8-13-5-2-1-3-6-13)21-12-22-17(15)20-11-14-7-4-10-23-14/h1-7,10,12H,8-9,11,18H2,(H2,19,20,21,22). The third kappa shape index (κ3) is 4.00. The van der Waals surface area contributed by atoms with Crippen LogP contribution in [0, 0.1) is 0 Å². The third-order valence-electron chi connectivity index (χ3n) is 3.44. The number of benzene rings is 1. The van der Waals surface area contributed by atoms with Crippen molar-refractivity contribution in [2.24, 2.45) is 0 Å². The van der Waals surface area contributed by atoms with Crippen LogP contribution in [-0.2, 0) is 13.0 Å². The van der Waals surface area contributed by atoms with Gasteiger partial charge in [-0.15, -0.1) is 0 Å². The fourth-order valence-electron chi connectivity index (χ4n) is 2.23. The van der Waals surface area contributed by atoms with E-state index < -0.39 is 0 Å². The minimum absolute atomic E-state index is 0.507. The van der Waals surface area contributed by atoms with Gasteiger partial charge in [-0.3, -0.25) is 0 Å². The molecule has 2 heterocycles. The summed E-state index contributed by atoms with van der Waals surface area (Å²) in [6.07, 6.45) is 4.03. The molecule has 0 saturated heterocycles. The molecule has 0 atom stereocenters. The van der Waals surface area contributed by atoms with Gasteiger partial charge in [-0.05, 0) is 24.1 Å². The highest BCUT2D eigenvalue weighted by molar-refractivity contribution is 5.73. The quantitative estimate of drug-likeness (QED) is 0.622. The molecule has 0 bridgehead atoms. The fraction of sp³-hybridized carbons (Fsp3) is 0.176. The average molecular weight is 309 g/mol. The van der Waals surface area contributed by atoms with Crippen LogP contribution in [0.25, 0.3) is 0 Å². The zero-order valence-corrected chi connectivity index (χ0v) is 12.7. The molecular formula is C17H19N5O. The average Bonchev–Trinajstić information content (AvgIpc) is 3.10. The van der Waals surface area contributed by atoms with E-state index >= 15 is 0 Å². The Labute approximate surface area is 134 Å². The molecule has 2 aromatic heterocycles. The zero-order valence-electron chi connectivity index (χ0n) is 12.7. The molecule has 6 nitrogen and oxygen atoms in total. The highest BCUT2D eigenvalue weighted by atomic mass is 16.3. The predicted molar refractivity (Wildman–Crippen MR) is 91.1 cm³/mol. The lowest BCUT2D eigenvalue weighted by molar-refractivity contribution is 0.518. The van der Waals surface area contributed by atoms with Gasteiger partial charge in [0.15, 0.2) is 11.6 Å². The van der Waals surface area contributed by atoms with Gasteiger partial charge in [0, 0.05) is 6.54 Å². The van der Waals surface area contributed by atoms with Crippen LogP contribution in [0.15, 0.2) is 59.5 Å². The largest absolute Gasteiger partial charge is 0.467 e. The van der Waals surface area contributed by atoms with Crippen molar-refractivity contribution < 1.29 is 4.42 Å². The maximum atomic E-state index is 6.12. The van der Waals surface area contributed by atoms with Crippen LogP contribution in [-0.4, -0.2) is 16.5 Å². The number of hydrogen-bond acceptors (Lipinski definition) is 6. The summed E-state index contributed by atoms with van der Waals surface area (Å²) in [6.45, 7) is 1.28. The Morgan fingerprint density at radius 2 is 1.74 bits per heavy atom. The number of nitrogens with zero attached hydrogens (tertiary/aromatic N) is 2. The molecular weight excluding hydrogens is 290 g/mol. The molecule has 0 fully saturated rings. The van der Waals surface area contributed by atoms with Crippen molar-refractivity contribution in [1.82, 2.24) is 9.97 Å². The number of furan rings is 1. The topological polar surface area (TPSA) is 89.0 Å². The van der Waals surface area contributed by atoms with Crippen molar-refractivity contribution in [3.63, 3.8) is 0 Å². The van der Waals surface area contributed by atoms with E-state index in [0.29, 0.717) is 23.9 Å². The molecule has 0 unspecified atom stereocenters. The Balaban J connectivity index is 1.58. The molecule has 3 rings (SSSR count). The number of rotatable bonds is 7. The van der Waals surface area contributed by atoms with Gasteiger partial charge in [-0.2, -0.15) is 0 Å². The van der Waals surface area contributed by atoms with Crippen LogP contribution in [0.2, 0.25) is 0 Å². The summed E-state index contributed by atoms with van der Waals surface area (Å²) in [5, 5.41) is 6.41.